The van der Waals surface area contributed by atoms with Gasteiger partial charge in [-0.1, -0.05) is 12.8 Å². The van der Waals surface area contributed by atoms with Crippen molar-refractivity contribution in [1.82, 2.24) is 10.2 Å². The van der Waals surface area contributed by atoms with E-state index >= 15 is 0 Å². The number of nitrogens with zero attached hydrogens (tertiary/aromatic N) is 1. The molecular formula is C10H18N2O. The van der Waals surface area contributed by atoms with E-state index in [4.69, 9.17) is 0 Å². The molecule has 74 valence electrons. The van der Waals surface area contributed by atoms with Crippen molar-refractivity contribution in [2.75, 3.05) is 19.6 Å². The summed E-state index contributed by atoms with van der Waals surface area (Å²) in [7, 11) is 0. The zero-order valence-electron chi connectivity index (χ0n) is 8.09. The molecule has 1 heterocycles. The largest absolute Gasteiger partial charge is 0.338 e. The van der Waals surface area contributed by atoms with Crippen molar-refractivity contribution in [1.29, 1.82) is 0 Å². The molecule has 13 heavy (non-hydrogen) atoms. The molecule has 1 saturated heterocycles. The van der Waals surface area contributed by atoms with Crippen LogP contribution in [0.25, 0.3) is 0 Å². The van der Waals surface area contributed by atoms with Crippen molar-refractivity contribution in [2.24, 2.45) is 0 Å². The van der Waals surface area contributed by atoms with Crippen LogP contribution in [-0.4, -0.2) is 36.5 Å². The molecule has 2 aliphatic rings. The lowest BCUT2D eigenvalue weighted by atomic mass is 10.2. The fourth-order valence-electron chi connectivity index (χ4n) is 2.39. The van der Waals surface area contributed by atoms with Gasteiger partial charge in [-0.25, -0.2) is 0 Å². The third-order valence-corrected chi connectivity index (χ3v) is 3.13. The third kappa shape index (κ3) is 2.02. The van der Waals surface area contributed by atoms with Crippen LogP contribution in [0.4, 0.5) is 0 Å². The lowest BCUT2D eigenvalue weighted by Gasteiger charge is -2.27. The van der Waals surface area contributed by atoms with E-state index in [2.05, 4.69) is 10.2 Å². The minimum atomic E-state index is 0.358. The Morgan fingerprint density at radius 1 is 1.23 bits per heavy atom. The van der Waals surface area contributed by atoms with Gasteiger partial charge in [0, 0.05) is 32.1 Å². The van der Waals surface area contributed by atoms with Crippen molar-refractivity contribution >= 4 is 5.91 Å². The summed E-state index contributed by atoms with van der Waals surface area (Å²) >= 11 is 0. The average molecular weight is 182 g/mol. The van der Waals surface area contributed by atoms with Crippen LogP contribution >= 0.6 is 0 Å². The number of carbonyl (C=O) groups is 1. The number of hydrogen-bond acceptors (Lipinski definition) is 2. The highest BCUT2D eigenvalue weighted by molar-refractivity contribution is 5.77. The summed E-state index contributed by atoms with van der Waals surface area (Å²) in [4.78, 5) is 13.8. The lowest BCUT2D eigenvalue weighted by Crippen LogP contribution is -2.39. The Balaban J connectivity index is 1.97. The number of amides is 1. The SMILES string of the molecule is O=C1CCNCCN1C1CCCC1. The van der Waals surface area contributed by atoms with Crippen molar-refractivity contribution in [3.05, 3.63) is 0 Å². The minimum absolute atomic E-state index is 0.358. The molecule has 0 bridgehead atoms. The molecule has 1 amide bonds. The number of nitrogens with one attached hydrogen (secondary N) is 1. The topological polar surface area (TPSA) is 32.3 Å². The van der Waals surface area contributed by atoms with Gasteiger partial charge >= 0.3 is 0 Å². The molecule has 3 heteroatoms. The van der Waals surface area contributed by atoms with E-state index in [1.807, 2.05) is 0 Å². The highest BCUT2D eigenvalue weighted by atomic mass is 16.2. The molecule has 2 rings (SSSR count). The normalized spacial score (nSPS) is 26.5. The van der Waals surface area contributed by atoms with Gasteiger partial charge in [-0.3, -0.25) is 4.79 Å². The van der Waals surface area contributed by atoms with E-state index in [0.29, 0.717) is 18.4 Å². The second kappa shape index (κ2) is 4.09. The average Bonchev–Trinajstić information content (AvgIpc) is 2.56. The van der Waals surface area contributed by atoms with Crippen LogP contribution in [0.2, 0.25) is 0 Å². The number of rotatable bonds is 1. The number of hydrogen-bond donors (Lipinski definition) is 1. The van der Waals surface area contributed by atoms with Crippen LogP contribution in [0.15, 0.2) is 0 Å². The maximum Gasteiger partial charge on any atom is 0.224 e. The van der Waals surface area contributed by atoms with E-state index in [-0.39, 0.29) is 0 Å². The summed E-state index contributed by atoms with van der Waals surface area (Å²) in [5.74, 6) is 0.358. The fourth-order valence-corrected chi connectivity index (χ4v) is 2.39. The predicted octanol–water partition coefficient (Wildman–Crippen LogP) is 0.751. The standard InChI is InChI=1S/C10H18N2O/c13-10-5-6-11-7-8-12(10)9-3-1-2-4-9/h9,11H,1-8H2. The highest BCUT2D eigenvalue weighted by Crippen LogP contribution is 2.24. The van der Waals surface area contributed by atoms with Gasteiger partial charge < -0.3 is 10.2 Å². The van der Waals surface area contributed by atoms with Gasteiger partial charge in [0.15, 0.2) is 0 Å². The van der Waals surface area contributed by atoms with Gasteiger partial charge in [0.1, 0.15) is 0 Å². The molecule has 0 aromatic rings. The van der Waals surface area contributed by atoms with Crippen LogP contribution in [0, 0.1) is 0 Å². The molecular weight excluding hydrogens is 164 g/mol. The minimum Gasteiger partial charge on any atom is -0.338 e. The summed E-state index contributed by atoms with van der Waals surface area (Å²) < 4.78 is 0. The molecule has 3 nitrogen and oxygen atoms in total. The second-order valence-electron chi connectivity index (χ2n) is 4.03. The lowest BCUT2D eigenvalue weighted by molar-refractivity contribution is -0.132. The smallest absolute Gasteiger partial charge is 0.224 e. The van der Waals surface area contributed by atoms with Crippen LogP contribution in [0.3, 0.4) is 0 Å². The van der Waals surface area contributed by atoms with Gasteiger partial charge in [-0.05, 0) is 12.8 Å². The Kier molecular flexibility index (Phi) is 2.83. The van der Waals surface area contributed by atoms with E-state index < -0.39 is 0 Å². The molecule has 1 aliphatic heterocycles. The van der Waals surface area contributed by atoms with E-state index in [1.165, 1.54) is 25.7 Å². The predicted molar refractivity (Wildman–Crippen MR) is 51.5 cm³/mol. The molecule has 0 atom stereocenters. The molecule has 0 aromatic carbocycles. The van der Waals surface area contributed by atoms with Crippen molar-refractivity contribution in [2.45, 2.75) is 38.1 Å². The van der Waals surface area contributed by atoms with Gasteiger partial charge in [0.25, 0.3) is 0 Å². The third-order valence-electron chi connectivity index (χ3n) is 3.13. The second-order valence-corrected chi connectivity index (χ2v) is 4.03. The summed E-state index contributed by atoms with van der Waals surface area (Å²) in [6.07, 6.45) is 5.76. The first kappa shape index (κ1) is 9.00. The fraction of sp³-hybridized carbons (Fsp3) is 0.900. The van der Waals surface area contributed by atoms with Crippen molar-refractivity contribution in [3.63, 3.8) is 0 Å². The molecule has 1 saturated carbocycles. The van der Waals surface area contributed by atoms with Gasteiger partial charge in [0.2, 0.25) is 5.91 Å². The van der Waals surface area contributed by atoms with Crippen LogP contribution in [0.5, 0.6) is 0 Å². The summed E-state index contributed by atoms with van der Waals surface area (Å²) in [6, 6.07) is 0.562. The molecule has 0 unspecified atom stereocenters. The van der Waals surface area contributed by atoms with Crippen LogP contribution in [0.1, 0.15) is 32.1 Å². The van der Waals surface area contributed by atoms with Crippen LogP contribution < -0.4 is 5.32 Å². The quantitative estimate of drug-likeness (QED) is 0.649. The Labute approximate surface area is 79.5 Å². The molecule has 0 spiro atoms. The summed E-state index contributed by atoms with van der Waals surface area (Å²) in [5.41, 5.74) is 0. The molecule has 1 aliphatic carbocycles. The van der Waals surface area contributed by atoms with Crippen molar-refractivity contribution in [3.8, 4) is 0 Å². The van der Waals surface area contributed by atoms with E-state index in [0.717, 1.165) is 19.6 Å². The van der Waals surface area contributed by atoms with E-state index in [1.54, 1.807) is 0 Å². The maximum atomic E-state index is 11.7. The van der Waals surface area contributed by atoms with E-state index in [9.17, 15) is 4.79 Å². The zero-order chi connectivity index (χ0) is 9.10. The van der Waals surface area contributed by atoms with Crippen molar-refractivity contribution < 1.29 is 4.79 Å². The number of carbonyl (C=O) groups excluding carboxylic acids is 1. The van der Waals surface area contributed by atoms with Gasteiger partial charge in [-0.2, -0.15) is 0 Å². The first-order valence-corrected chi connectivity index (χ1v) is 5.38. The Morgan fingerprint density at radius 3 is 2.77 bits per heavy atom. The first-order chi connectivity index (χ1) is 6.38. The van der Waals surface area contributed by atoms with Crippen LogP contribution in [-0.2, 0) is 4.79 Å². The first-order valence-electron chi connectivity index (χ1n) is 5.38. The zero-order valence-corrected chi connectivity index (χ0v) is 8.09. The molecule has 0 aromatic heterocycles. The summed E-state index contributed by atoms with van der Waals surface area (Å²) in [5, 5.41) is 3.27. The molecule has 1 N–H and O–H groups in total. The van der Waals surface area contributed by atoms with Gasteiger partial charge in [0.05, 0.1) is 0 Å². The highest BCUT2D eigenvalue weighted by Gasteiger charge is 2.26. The maximum absolute atomic E-state index is 11.7. The summed E-state index contributed by atoms with van der Waals surface area (Å²) in [6.45, 7) is 2.76. The molecule has 0 radical (unpaired) electrons. The van der Waals surface area contributed by atoms with Gasteiger partial charge in [-0.15, -0.1) is 0 Å². The monoisotopic (exact) mass is 182 g/mol. The molecule has 2 fully saturated rings. The Bertz CT molecular complexity index is 187. The Morgan fingerprint density at radius 2 is 2.00 bits per heavy atom. The Hall–Kier alpha value is -0.570.